The predicted molar refractivity (Wildman–Crippen MR) is 73.1 cm³/mol. The lowest BCUT2D eigenvalue weighted by Crippen LogP contribution is -2.38. The Hall–Kier alpha value is -2.90. The number of nitrogens with zero attached hydrogens (tertiary/aromatic N) is 3. The summed E-state index contributed by atoms with van der Waals surface area (Å²) in [7, 11) is 0. The van der Waals surface area contributed by atoms with Gasteiger partial charge in [0.15, 0.2) is 0 Å². The number of benzene rings is 1. The maximum Gasteiger partial charge on any atom is 0.335 e. The van der Waals surface area contributed by atoms with Crippen LogP contribution in [0.2, 0.25) is 0 Å². The highest BCUT2D eigenvalue weighted by atomic mass is 16.4. The van der Waals surface area contributed by atoms with E-state index in [1.807, 2.05) is 0 Å². The van der Waals surface area contributed by atoms with Crippen LogP contribution in [0.4, 0.5) is 10.5 Å². The van der Waals surface area contributed by atoms with E-state index in [0.717, 1.165) is 5.56 Å². The number of anilines is 1. The van der Waals surface area contributed by atoms with Gasteiger partial charge in [-0.05, 0) is 24.1 Å². The Morgan fingerprint density at radius 3 is 3.00 bits per heavy atom. The molecule has 21 heavy (non-hydrogen) atoms. The van der Waals surface area contributed by atoms with E-state index in [1.54, 1.807) is 12.1 Å². The van der Waals surface area contributed by atoms with E-state index in [4.69, 9.17) is 5.11 Å². The average molecular weight is 287 g/mol. The Balaban J connectivity index is 1.75. The molecule has 2 aromatic rings. The molecule has 2 amide bonds. The van der Waals surface area contributed by atoms with E-state index in [2.05, 4.69) is 20.5 Å². The molecule has 0 saturated heterocycles. The van der Waals surface area contributed by atoms with Gasteiger partial charge in [0.1, 0.15) is 12.2 Å². The second-order valence-corrected chi connectivity index (χ2v) is 4.64. The van der Waals surface area contributed by atoms with Crippen LogP contribution in [0.1, 0.15) is 21.7 Å². The van der Waals surface area contributed by atoms with Crippen molar-refractivity contribution >= 4 is 17.7 Å². The van der Waals surface area contributed by atoms with Gasteiger partial charge in [0.2, 0.25) is 0 Å². The van der Waals surface area contributed by atoms with Crippen molar-refractivity contribution in [3.8, 4) is 0 Å². The molecule has 0 unspecified atom stereocenters. The van der Waals surface area contributed by atoms with Gasteiger partial charge in [-0.1, -0.05) is 6.07 Å². The minimum absolute atomic E-state index is 0.170. The van der Waals surface area contributed by atoms with Crippen LogP contribution in [-0.2, 0) is 13.0 Å². The summed E-state index contributed by atoms with van der Waals surface area (Å²) in [6.45, 7) is 0.768. The van der Waals surface area contributed by atoms with Gasteiger partial charge in [0.05, 0.1) is 12.1 Å². The minimum Gasteiger partial charge on any atom is -0.478 e. The van der Waals surface area contributed by atoms with Crippen molar-refractivity contribution in [2.45, 2.75) is 13.0 Å². The van der Waals surface area contributed by atoms with Gasteiger partial charge in [0.25, 0.3) is 0 Å². The van der Waals surface area contributed by atoms with Crippen molar-refractivity contribution in [2.75, 3.05) is 11.4 Å². The van der Waals surface area contributed by atoms with Crippen LogP contribution in [0.15, 0.2) is 24.5 Å². The number of rotatable bonds is 3. The molecule has 0 atom stereocenters. The van der Waals surface area contributed by atoms with E-state index in [9.17, 15) is 9.59 Å². The van der Waals surface area contributed by atoms with Crippen molar-refractivity contribution in [3.05, 3.63) is 41.5 Å². The lowest BCUT2D eigenvalue weighted by Gasteiger charge is -2.18. The number of carbonyl (C=O) groups excluding carboxylic acids is 1. The Morgan fingerprint density at radius 2 is 2.29 bits per heavy atom. The summed E-state index contributed by atoms with van der Waals surface area (Å²) in [5.41, 5.74) is 1.78. The normalized spacial score (nSPS) is 13.0. The maximum absolute atomic E-state index is 12.2. The molecule has 0 bridgehead atoms. The fraction of sp³-hybridized carbons (Fsp3) is 0.231. The van der Waals surface area contributed by atoms with Gasteiger partial charge in [-0.3, -0.25) is 10.00 Å². The number of carboxylic acids is 1. The van der Waals surface area contributed by atoms with Crippen molar-refractivity contribution in [2.24, 2.45) is 0 Å². The third-order valence-corrected chi connectivity index (χ3v) is 3.34. The first-order chi connectivity index (χ1) is 10.1. The first kappa shape index (κ1) is 13.1. The topological polar surface area (TPSA) is 111 Å². The second-order valence-electron chi connectivity index (χ2n) is 4.64. The van der Waals surface area contributed by atoms with Gasteiger partial charge in [-0.2, -0.15) is 5.10 Å². The smallest absolute Gasteiger partial charge is 0.335 e. The van der Waals surface area contributed by atoms with Crippen molar-refractivity contribution in [1.29, 1.82) is 0 Å². The van der Waals surface area contributed by atoms with Crippen LogP contribution in [-0.4, -0.2) is 38.8 Å². The molecule has 2 heterocycles. The number of aromatic amines is 1. The number of fused-ring (bicyclic) bond motifs is 1. The highest BCUT2D eigenvalue weighted by molar-refractivity contribution is 5.96. The highest BCUT2D eigenvalue weighted by Gasteiger charge is 2.25. The quantitative estimate of drug-likeness (QED) is 0.772. The number of carbonyl (C=O) groups is 2. The van der Waals surface area contributed by atoms with Crippen LogP contribution >= 0.6 is 0 Å². The number of aromatic nitrogens is 3. The van der Waals surface area contributed by atoms with Crippen LogP contribution in [0, 0.1) is 0 Å². The zero-order valence-corrected chi connectivity index (χ0v) is 11.0. The number of nitrogens with one attached hydrogen (secondary N) is 2. The zero-order chi connectivity index (χ0) is 14.8. The molecule has 8 nitrogen and oxygen atoms in total. The predicted octanol–water partition coefficient (Wildman–Crippen LogP) is 0.775. The lowest BCUT2D eigenvalue weighted by atomic mass is 10.1. The fourth-order valence-corrected chi connectivity index (χ4v) is 2.29. The van der Waals surface area contributed by atoms with Crippen molar-refractivity contribution in [3.63, 3.8) is 0 Å². The standard InChI is InChI=1S/C13H13N5O3/c19-12(20)9-2-1-8-3-4-18(10(8)5-9)13(21)14-6-11-15-7-16-17-11/h1-2,5,7H,3-4,6H2,(H,14,21)(H,19,20)(H,15,16,17). The highest BCUT2D eigenvalue weighted by Crippen LogP contribution is 2.29. The number of hydrogen-bond donors (Lipinski definition) is 3. The van der Waals surface area contributed by atoms with E-state index in [1.165, 1.54) is 17.3 Å². The van der Waals surface area contributed by atoms with E-state index < -0.39 is 5.97 Å². The Kier molecular flexibility index (Phi) is 3.27. The summed E-state index contributed by atoms with van der Waals surface area (Å²) in [5, 5.41) is 18.1. The Labute approximate surface area is 119 Å². The van der Waals surface area contributed by atoms with E-state index >= 15 is 0 Å². The summed E-state index contributed by atoms with van der Waals surface area (Å²) in [6.07, 6.45) is 2.08. The molecule has 0 fully saturated rings. The molecule has 0 spiro atoms. The number of hydrogen-bond acceptors (Lipinski definition) is 4. The second kappa shape index (κ2) is 5.23. The molecular formula is C13H13N5O3. The SMILES string of the molecule is O=C(O)c1ccc2c(c1)N(C(=O)NCc1ncn[nH]1)CC2. The number of H-pyrrole nitrogens is 1. The van der Waals surface area contributed by atoms with Gasteiger partial charge >= 0.3 is 12.0 Å². The monoisotopic (exact) mass is 287 g/mol. The summed E-state index contributed by atoms with van der Waals surface area (Å²) < 4.78 is 0. The maximum atomic E-state index is 12.2. The molecule has 108 valence electrons. The first-order valence-corrected chi connectivity index (χ1v) is 6.41. The van der Waals surface area contributed by atoms with Crippen molar-refractivity contribution < 1.29 is 14.7 Å². The van der Waals surface area contributed by atoms with Gasteiger partial charge < -0.3 is 10.4 Å². The molecule has 1 aliphatic rings. The lowest BCUT2D eigenvalue weighted by molar-refractivity contribution is 0.0697. The molecular weight excluding hydrogens is 274 g/mol. The van der Waals surface area contributed by atoms with E-state index in [-0.39, 0.29) is 18.1 Å². The number of urea groups is 1. The molecule has 3 rings (SSSR count). The molecule has 0 aliphatic carbocycles. The molecule has 3 N–H and O–H groups in total. The van der Waals surface area contributed by atoms with Crippen LogP contribution in [0.3, 0.4) is 0 Å². The van der Waals surface area contributed by atoms with Gasteiger partial charge in [-0.15, -0.1) is 0 Å². The molecule has 0 saturated carbocycles. The summed E-state index contributed by atoms with van der Waals surface area (Å²) in [4.78, 5) is 28.7. The van der Waals surface area contributed by atoms with Gasteiger partial charge in [0, 0.05) is 12.2 Å². The zero-order valence-electron chi connectivity index (χ0n) is 11.0. The Bertz CT molecular complexity index is 683. The summed E-state index contributed by atoms with van der Waals surface area (Å²) >= 11 is 0. The molecule has 1 aromatic heterocycles. The van der Waals surface area contributed by atoms with Crippen molar-refractivity contribution in [1.82, 2.24) is 20.5 Å². The van der Waals surface area contributed by atoms with E-state index in [0.29, 0.717) is 24.5 Å². The van der Waals surface area contributed by atoms with Crippen LogP contribution in [0.5, 0.6) is 0 Å². The van der Waals surface area contributed by atoms with Gasteiger partial charge in [-0.25, -0.2) is 14.6 Å². The first-order valence-electron chi connectivity index (χ1n) is 6.41. The third-order valence-electron chi connectivity index (χ3n) is 3.34. The largest absolute Gasteiger partial charge is 0.478 e. The molecule has 0 radical (unpaired) electrons. The van der Waals surface area contributed by atoms with Crippen LogP contribution in [0.25, 0.3) is 0 Å². The summed E-state index contributed by atoms with van der Waals surface area (Å²) in [6, 6.07) is 4.55. The van der Waals surface area contributed by atoms with Crippen LogP contribution < -0.4 is 10.2 Å². The minimum atomic E-state index is -1.01. The Morgan fingerprint density at radius 1 is 1.43 bits per heavy atom. The fourth-order valence-electron chi connectivity index (χ4n) is 2.29. The average Bonchev–Trinajstić information content (AvgIpc) is 3.13. The number of amides is 2. The third kappa shape index (κ3) is 2.55. The summed E-state index contributed by atoms with van der Waals surface area (Å²) in [5.74, 6) is -0.450. The number of carboxylic acid groups (broad SMARTS) is 1. The molecule has 1 aliphatic heterocycles. The molecule has 8 heteroatoms. The molecule has 1 aromatic carbocycles. The number of aromatic carboxylic acids is 1.